The van der Waals surface area contributed by atoms with Gasteiger partial charge in [-0.05, 0) is 88.7 Å². The lowest BCUT2D eigenvalue weighted by atomic mass is 10.1. The number of carbonyl (C=O) groups excluding carboxylic acids is 1. The Balaban J connectivity index is 1.67. The molecule has 0 aliphatic rings. The van der Waals surface area contributed by atoms with Crippen LogP contribution in [-0.2, 0) is 26.0 Å². The fraction of sp³-hybridized carbons (Fsp3) is 0.160. The Labute approximate surface area is 222 Å². The van der Waals surface area contributed by atoms with Gasteiger partial charge in [0.1, 0.15) is 11.8 Å². The smallest absolute Gasteiger partial charge is 0.306 e. The summed E-state index contributed by atoms with van der Waals surface area (Å²) in [4.78, 5) is 23.5. The van der Waals surface area contributed by atoms with E-state index in [1.54, 1.807) is 36.4 Å². The molecular weight excluding hydrogens is 597 g/mol. The summed E-state index contributed by atoms with van der Waals surface area (Å²) in [6, 6.07) is 21.0. The van der Waals surface area contributed by atoms with Crippen molar-refractivity contribution < 1.29 is 27.9 Å². The van der Waals surface area contributed by atoms with Crippen molar-refractivity contribution in [3.05, 3.63) is 93.6 Å². The summed E-state index contributed by atoms with van der Waals surface area (Å²) in [6.45, 7) is 0.0553. The molecule has 3 rings (SSSR count). The molecule has 1 atom stereocenters. The molecule has 0 saturated heterocycles. The second kappa shape index (κ2) is 13.1. The van der Waals surface area contributed by atoms with Crippen molar-refractivity contribution in [3.8, 4) is 5.75 Å². The van der Waals surface area contributed by atoms with Gasteiger partial charge in [-0.15, -0.1) is 0 Å². The van der Waals surface area contributed by atoms with Gasteiger partial charge in [0.15, 0.2) is 0 Å². The number of nitrogens with one attached hydrogen (secondary N) is 2. The van der Waals surface area contributed by atoms with Gasteiger partial charge in [-0.3, -0.25) is 9.59 Å². The second-order valence-corrected chi connectivity index (χ2v) is 10.6. The van der Waals surface area contributed by atoms with Crippen molar-refractivity contribution in [2.45, 2.75) is 23.8 Å². The summed E-state index contributed by atoms with van der Waals surface area (Å²) >= 11 is 2.08. The molecule has 188 valence electrons. The maximum absolute atomic E-state index is 12.9. The Morgan fingerprint density at radius 3 is 2.31 bits per heavy atom. The average molecular weight is 621 g/mol. The number of carbonyl (C=O) groups is 2. The second-order valence-electron chi connectivity index (χ2n) is 7.61. The molecule has 0 saturated carbocycles. The van der Waals surface area contributed by atoms with Crippen LogP contribution in [-0.4, -0.2) is 44.3 Å². The van der Waals surface area contributed by atoms with Crippen LogP contribution in [0.15, 0.2) is 88.9 Å². The lowest BCUT2D eigenvalue weighted by Gasteiger charge is -2.17. The number of hydrogen-bond acceptors (Lipinski definition) is 6. The van der Waals surface area contributed by atoms with Crippen molar-refractivity contribution in [3.63, 3.8) is 0 Å². The van der Waals surface area contributed by atoms with Gasteiger partial charge in [-0.2, -0.15) is 9.82 Å². The number of benzene rings is 3. The van der Waals surface area contributed by atoms with Crippen LogP contribution in [0.5, 0.6) is 5.75 Å². The topological polar surface area (TPSA) is 134 Å². The molecule has 36 heavy (non-hydrogen) atoms. The van der Waals surface area contributed by atoms with Crippen molar-refractivity contribution in [2.24, 2.45) is 5.10 Å². The van der Waals surface area contributed by atoms with E-state index in [4.69, 9.17) is 9.84 Å². The van der Waals surface area contributed by atoms with E-state index in [2.05, 4.69) is 37.8 Å². The van der Waals surface area contributed by atoms with Gasteiger partial charge in [0.25, 0.3) is 5.91 Å². The third kappa shape index (κ3) is 8.73. The molecular formula is C25H24IN3O6S. The van der Waals surface area contributed by atoms with E-state index >= 15 is 0 Å². The van der Waals surface area contributed by atoms with E-state index in [1.165, 1.54) is 18.3 Å². The molecule has 3 N–H and O–H groups in total. The molecule has 0 aromatic heterocycles. The first-order chi connectivity index (χ1) is 17.2. The number of rotatable bonds is 12. The Kier molecular flexibility index (Phi) is 9.96. The van der Waals surface area contributed by atoms with Crippen molar-refractivity contribution in [1.82, 2.24) is 10.1 Å². The number of sulfonamides is 1. The molecule has 0 radical (unpaired) electrons. The molecule has 3 aromatic carbocycles. The molecule has 9 nitrogen and oxygen atoms in total. The maximum atomic E-state index is 12.9. The van der Waals surface area contributed by atoms with Gasteiger partial charge in [-0.1, -0.05) is 30.3 Å². The Bertz CT molecular complexity index is 1300. The maximum Gasteiger partial charge on any atom is 0.306 e. The normalized spacial score (nSPS) is 12.2. The minimum Gasteiger partial charge on any atom is -0.493 e. The summed E-state index contributed by atoms with van der Waals surface area (Å²) in [6.07, 6.45) is 1.44. The van der Waals surface area contributed by atoms with E-state index in [9.17, 15) is 18.0 Å². The zero-order chi connectivity index (χ0) is 26.0. The number of nitrogens with zero attached hydrogens (tertiary/aromatic N) is 1. The van der Waals surface area contributed by atoms with E-state index in [1.807, 2.05) is 30.3 Å². The van der Waals surface area contributed by atoms with Crippen molar-refractivity contribution in [2.75, 3.05) is 6.61 Å². The number of halogens is 1. The van der Waals surface area contributed by atoms with Crippen LogP contribution in [0.1, 0.15) is 17.5 Å². The van der Waals surface area contributed by atoms with Gasteiger partial charge in [-0.25, -0.2) is 13.8 Å². The Morgan fingerprint density at radius 1 is 1.00 bits per heavy atom. The number of ether oxygens (including phenoxy) is 1. The number of hydrogen-bond donors (Lipinski definition) is 3. The monoisotopic (exact) mass is 621 g/mol. The van der Waals surface area contributed by atoms with E-state index < -0.39 is 27.9 Å². The highest BCUT2D eigenvalue weighted by Crippen LogP contribution is 2.14. The lowest BCUT2D eigenvalue weighted by molar-refractivity contribution is -0.137. The third-order valence-corrected chi connectivity index (χ3v) is 7.08. The quantitative estimate of drug-likeness (QED) is 0.162. The minimum atomic E-state index is -3.95. The summed E-state index contributed by atoms with van der Waals surface area (Å²) in [5.74, 6) is -1.05. The van der Waals surface area contributed by atoms with Crippen molar-refractivity contribution >= 4 is 50.7 Å². The average Bonchev–Trinajstić information content (AvgIpc) is 2.85. The molecule has 0 spiro atoms. The zero-order valence-electron chi connectivity index (χ0n) is 19.0. The van der Waals surface area contributed by atoms with Crippen molar-refractivity contribution in [1.29, 1.82) is 0 Å². The summed E-state index contributed by atoms with van der Waals surface area (Å²) < 4.78 is 34.5. The standard InChI is InChI=1S/C25H24IN3O6S/c26-20-8-12-22(13-9-20)36(33,34)29-23(16-18-4-2-1-3-5-18)25(32)28-27-17-19-6-10-21(11-7-19)35-15-14-24(30)31/h1-13,17,23,29H,14-16H2,(H,28,32)(H,30,31)/b27-17-/t23-/m0/s1. The van der Waals surface area contributed by atoms with Crippen LogP contribution in [0.4, 0.5) is 0 Å². The number of amides is 1. The molecule has 11 heteroatoms. The molecule has 0 fully saturated rings. The van der Waals surface area contributed by atoms with Crippen LogP contribution in [0, 0.1) is 3.57 Å². The fourth-order valence-corrected chi connectivity index (χ4v) is 4.62. The summed E-state index contributed by atoms with van der Waals surface area (Å²) in [5, 5.41) is 12.6. The highest BCUT2D eigenvalue weighted by molar-refractivity contribution is 14.1. The Hall–Kier alpha value is -3.29. The molecule has 0 aliphatic carbocycles. The highest BCUT2D eigenvalue weighted by Gasteiger charge is 2.26. The number of aliphatic carboxylic acids is 1. The van der Waals surface area contributed by atoms with Crippen LogP contribution >= 0.6 is 22.6 Å². The first kappa shape index (κ1) is 27.3. The van der Waals surface area contributed by atoms with Gasteiger partial charge >= 0.3 is 5.97 Å². The number of carboxylic acids is 1. The number of carboxylic acid groups (broad SMARTS) is 1. The van der Waals surface area contributed by atoms with Gasteiger partial charge in [0.05, 0.1) is 24.1 Å². The molecule has 1 amide bonds. The van der Waals surface area contributed by atoms with Gasteiger partial charge in [0.2, 0.25) is 10.0 Å². The van der Waals surface area contributed by atoms with E-state index in [0.29, 0.717) is 11.3 Å². The SMILES string of the molecule is O=C(O)CCOc1ccc(/C=N\NC(=O)[C@H](Cc2ccccc2)NS(=O)(=O)c2ccc(I)cc2)cc1. The summed E-state index contributed by atoms with van der Waals surface area (Å²) in [5.41, 5.74) is 3.84. The van der Waals surface area contributed by atoms with E-state index in [-0.39, 0.29) is 24.3 Å². The molecule has 3 aromatic rings. The highest BCUT2D eigenvalue weighted by atomic mass is 127. The molecule has 0 heterocycles. The van der Waals surface area contributed by atoms with E-state index in [0.717, 1.165) is 9.13 Å². The van der Waals surface area contributed by atoms with Crippen LogP contribution in [0.25, 0.3) is 0 Å². The lowest BCUT2D eigenvalue weighted by Crippen LogP contribution is -2.46. The zero-order valence-corrected chi connectivity index (χ0v) is 22.0. The molecule has 0 bridgehead atoms. The van der Waals surface area contributed by atoms with Crippen LogP contribution in [0.3, 0.4) is 0 Å². The van der Waals surface area contributed by atoms with Crippen LogP contribution < -0.4 is 14.9 Å². The first-order valence-corrected chi connectivity index (χ1v) is 13.4. The Morgan fingerprint density at radius 2 is 1.67 bits per heavy atom. The third-order valence-electron chi connectivity index (χ3n) is 4.87. The minimum absolute atomic E-state index is 0.0553. The molecule has 0 unspecified atom stereocenters. The fourth-order valence-electron chi connectivity index (χ4n) is 3.06. The predicted molar refractivity (Wildman–Crippen MR) is 143 cm³/mol. The van der Waals surface area contributed by atoms with Gasteiger partial charge in [0, 0.05) is 3.57 Å². The summed E-state index contributed by atoms with van der Waals surface area (Å²) in [7, 11) is -3.95. The van der Waals surface area contributed by atoms with Crippen LogP contribution in [0.2, 0.25) is 0 Å². The first-order valence-electron chi connectivity index (χ1n) is 10.8. The van der Waals surface area contributed by atoms with Gasteiger partial charge < -0.3 is 9.84 Å². The number of hydrazone groups is 1. The largest absolute Gasteiger partial charge is 0.493 e. The molecule has 0 aliphatic heterocycles. The predicted octanol–water partition coefficient (Wildman–Crippen LogP) is 3.18.